The molecule has 8 nitrogen and oxygen atoms in total. The SMILES string of the molecule is O=C(NNC(=O)[C@H]1CCCN(c2ncccn2)C1)c1ccncc1. The summed E-state index contributed by atoms with van der Waals surface area (Å²) in [5.74, 6) is -0.182. The second-order valence-electron chi connectivity index (χ2n) is 5.51. The topological polar surface area (TPSA) is 100 Å². The largest absolute Gasteiger partial charge is 0.340 e. The van der Waals surface area contributed by atoms with Crippen LogP contribution in [0.5, 0.6) is 0 Å². The molecule has 124 valence electrons. The maximum Gasteiger partial charge on any atom is 0.269 e. The Morgan fingerprint density at radius 1 is 1.08 bits per heavy atom. The summed E-state index contributed by atoms with van der Waals surface area (Å²) in [6.45, 7) is 1.35. The molecule has 0 saturated carbocycles. The van der Waals surface area contributed by atoms with Crippen LogP contribution in [0.4, 0.5) is 5.95 Å². The molecule has 1 aliphatic heterocycles. The molecule has 1 atom stereocenters. The van der Waals surface area contributed by atoms with Gasteiger partial charge in [0.2, 0.25) is 11.9 Å². The number of nitrogens with zero attached hydrogens (tertiary/aromatic N) is 4. The van der Waals surface area contributed by atoms with Gasteiger partial charge in [-0.2, -0.15) is 0 Å². The molecule has 3 heterocycles. The van der Waals surface area contributed by atoms with Crippen LogP contribution < -0.4 is 15.8 Å². The first-order valence-electron chi connectivity index (χ1n) is 7.76. The van der Waals surface area contributed by atoms with Crippen LogP contribution in [-0.4, -0.2) is 39.9 Å². The molecule has 2 aromatic heterocycles. The molecule has 2 amide bonds. The number of aromatic nitrogens is 3. The van der Waals surface area contributed by atoms with E-state index in [0.717, 1.165) is 19.4 Å². The fourth-order valence-corrected chi connectivity index (χ4v) is 2.62. The number of rotatable bonds is 3. The van der Waals surface area contributed by atoms with E-state index < -0.39 is 0 Å². The minimum absolute atomic E-state index is 0.210. The first kappa shape index (κ1) is 15.9. The van der Waals surface area contributed by atoms with Crippen LogP contribution in [0.2, 0.25) is 0 Å². The molecule has 2 N–H and O–H groups in total. The van der Waals surface area contributed by atoms with Gasteiger partial charge in [-0.25, -0.2) is 9.97 Å². The van der Waals surface area contributed by atoms with E-state index in [-0.39, 0.29) is 17.7 Å². The lowest BCUT2D eigenvalue weighted by Gasteiger charge is -2.31. The van der Waals surface area contributed by atoms with Crippen molar-refractivity contribution < 1.29 is 9.59 Å². The number of carbonyl (C=O) groups excluding carboxylic acids is 2. The number of pyridine rings is 1. The average Bonchev–Trinajstić information content (AvgIpc) is 2.67. The van der Waals surface area contributed by atoms with Crippen molar-refractivity contribution in [3.8, 4) is 0 Å². The van der Waals surface area contributed by atoms with Gasteiger partial charge in [0.15, 0.2) is 0 Å². The molecule has 2 aromatic rings. The number of hydrazine groups is 1. The smallest absolute Gasteiger partial charge is 0.269 e. The molecule has 0 radical (unpaired) electrons. The van der Waals surface area contributed by atoms with Crippen molar-refractivity contribution in [3.05, 3.63) is 48.5 Å². The quantitative estimate of drug-likeness (QED) is 0.799. The minimum Gasteiger partial charge on any atom is -0.340 e. The second-order valence-corrected chi connectivity index (χ2v) is 5.51. The van der Waals surface area contributed by atoms with Gasteiger partial charge < -0.3 is 4.90 Å². The molecule has 24 heavy (non-hydrogen) atoms. The Labute approximate surface area is 139 Å². The fraction of sp³-hybridized carbons (Fsp3) is 0.312. The van der Waals surface area contributed by atoms with Crippen molar-refractivity contribution in [1.82, 2.24) is 25.8 Å². The number of piperidine rings is 1. The highest BCUT2D eigenvalue weighted by molar-refractivity contribution is 5.95. The van der Waals surface area contributed by atoms with Gasteiger partial charge in [-0.3, -0.25) is 25.4 Å². The summed E-state index contributed by atoms with van der Waals surface area (Å²) in [5, 5.41) is 0. The number of hydrogen-bond donors (Lipinski definition) is 2. The van der Waals surface area contributed by atoms with Gasteiger partial charge >= 0.3 is 0 Å². The standard InChI is InChI=1S/C16H18N6O2/c23-14(12-4-8-17-9-5-12)20-21-15(24)13-3-1-10-22(11-13)16-18-6-2-7-19-16/h2,4-9,13H,1,3,10-11H2,(H,20,23)(H,21,24)/t13-/m0/s1. The van der Waals surface area contributed by atoms with Gasteiger partial charge in [0.05, 0.1) is 5.92 Å². The Morgan fingerprint density at radius 3 is 2.58 bits per heavy atom. The first-order chi connectivity index (χ1) is 11.7. The molecule has 0 aliphatic carbocycles. The van der Waals surface area contributed by atoms with E-state index in [1.54, 1.807) is 30.6 Å². The third-order valence-corrected chi connectivity index (χ3v) is 3.87. The fourth-order valence-electron chi connectivity index (χ4n) is 2.62. The molecule has 1 fully saturated rings. The zero-order valence-corrected chi connectivity index (χ0v) is 13.1. The molecule has 0 unspecified atom stereocenters. The molecule has 0 bridgehead atoms. The van der Waals surface area contributed by atoms with Crippen molar-refractivity contribution in [2.45, 2.75) is 12.8 Å². The van der Waals surface area contributed by atoms with Crippen LogP contribution >= 0.6 is 0 Å². The summed E-state index contributed by atoms with van der Waals surface area (Å²) in [6, 6.07) is 4.92. The Hall–Kier alpha value is -3.03. The number of amides is 2. The maximum absolute atomic E-state index is 12.3. The molecular weight excluding hydrogens is 308 g/mol. The van der Waals surface area contributed by atoms with E-state index in [0.29, 0.717) is 18.1 Å². The van der Waals surface area contributed by atoms with Crippen molar-refractivity contribution in [2.75, 3.05) is 18.0 Å². The lowest BCUT2D eigenvalue weighted by molar-refractivity contribution is -0.126. The molecule has 3 rings (SSSR count). The molecule has 1 aliphatic rings. The third kappa shape index (κ3) is 3.83. The summed E-state index contributed by atoms with van der Waals surface area (Å²) in [7, 11) is 0. The highest BCUT2D eigenvalue weighted by Gasteiger charge is 2.27. The zero-order chi connectivity index (χ0) is 16.8. The number of carbonyl (C=O) groups is 2. The van der Waals surface area contributed by atoms with E-state index in [2.05, 4.69) is 25.8 Å². The van der Waals surface area contributed by atoms with Crippen LogP contribution in [-0.2, 0) is 4.79 Å². The number of nitrogens with one attached hydrogen (secondary N) is 2. The van der Waals surface area contributed by atoms with E-state index in [1.807, 2.05) is 4.90 Å². The summed E-state index contributed by atoms with van der Waals surface area (Å²) < 4.78 is 0. The zero-order valence-electron chi connectivity index (χ0n) is 13.1. The predicted octanol–water partition coefficient (Wildman–Crippen LogP) is 0.549. The lowest BCUT2D eigenvalue weighted by atomic mass is 9.98. The highest BCUT2D eigenvalue weighted by Crippen LogP contribution is 2.19. The van der Waals surface area contributed by atoms with Crippen molar-refractivity contribution in [2.24, 2.45) is 5.92 Å². The summed E-state index contributed by atoms with van der Waals surface area (Å²) in [6.07, 6.45) is 8.04. The van der Waals surface area contributed by atoms with Gasteiger partial charge in [0.25, 0.3) is 5.91 Å². The van der Waals surface area contributed by atoms with Gasteiger partial charge in [-0.1, -0.05) is 0 Å². The minimum atomic E-state index is -0.371. The van der Waals surface area contributed by atoms with Crippen LogP contribution in [0, 0.1) is 5.92 Å². The van der Waals surface area contributed by atoms with Crippen molar-refractivity contribution in [3.63, 3.8) is 0 Å². The summed E-state index contributed by atoms with van der Waals surface area (Å²) in [4.78, 5) is 38.5. The molecule has 0 spiro atoms. The van der Waals surface area contributed by atoms with Crippen LogP contribution in [0.25, 0.3) is 0 Å². The summed E-state index contributed by atoms with van der Waals surface area (Å²) >= 11 is 0. The highest BCUT2D eigenvalue weighted by atomic mass is 16.2. The second kappa shape index (κ2) is 7.49. The third-order valence-electron chi connectivity index (χ3n) is 3.87. The van der Waals surface area contributed by atoms with Crippen LogP contribution in [0.15, 0.2) is 43.0 Å². The predicted molar refractivity (Wildman–Crippen MR) is 86.8 cm³/mol. The van der Waals surface area contributed by atoms with Gasteiger partial charge in [-0.15, -0.1) is 0 Å². The average molecular weight is 326 g/mol. The Kier molecular flexibility index (Phi) is 4.95. The number of hydrogen-bond acceptors (Lipinski definition) is 6. The summed E-state index contributed by atoms with van der Waals surface area (Å²) in [5.41, 5.74) is 5.37. The Bertz CT molecular complexity index is 694. The normalized spacial score (nSPS) is 17.2. The Morgan fingerprint density at radius 2 is 1.83 bits per heavy atom. The molecule has 1 saturated heterocycles. The first-order valence-corrected chi connectivity index (χ1v) is 7.76. The van der Waals surface area contributed by atoms with E-state index in [9.17, 15) is 9.59 Å². The van der Waals surface area contributed by atoms with Gasteiger partial charge in [0, 0.05) is 43.4 Å². The van der Waals surface area contributed by atoms with Gasteiger partial charge in [0.1, 0.15) is 0 Å². The van der Waals surface area contributed by atoms with Gasteiger partial charge in [-0.05, 0) is 31.0 Å². The van der Waals surface area contributed by atoms with Crippen molar-refractivity contribution >= 4 is 17.8 Å². The Balaban J connectivity index is 1.54. The molecule has 8 heteroatoms. The number of anilines is 1. The van der Waals surface area contributed by atoms with Crippen molar-refractivity contribution in [1.29, 1.82) is 0 Å². The van der Waals surface area contributed by atoms with E-state index in [1.165, 1.54) is 12.4 Å². The van der Waals surface area contributed by atoms with Crippen LogP contribution in [0.3, 0.4) is 0 Å². The van der Waals surface area contributed by atoms with E-state index in [4.69, 9.17) is 0 Å². The van der Waals surface area contributed by atoms with E-state index >= 15 is 0 Å². The van der Waals surface area contributed by atoms with Crippen LogP contribution in [0.1, 0.15) is 23.2 Å². The maximum atomic E-state index is 12.3. The monoisotopic (exact) mass is 326 g/mol. The molecule has 0 aromatic carbocycles. The molecular formula is C16H18N6O2. The lowest BCUT2D eigenvalue weighted by Crippen LogP contribution is -2.49.